The van der Waals surface area contributed by atoms with E-state index in [1.54, 1.807) is 6.26 Å². The lowest BCUT2D eigenvalue weighted by Gasteiger charge is -2.03. The van der Waals surface area contributed by atoms with Crippen LogP contribution < -0.4 is 5.55 Å². The van der Waals surface area contributed by atoms with Crippen LogP contribution in [0.4, 0.5) is 0 Å². The van der Waals surface area contributed by atoms with E-state index in [2.05, 4.69) is 11.2 Å². The molecule has 0 aliphatic heterocycles. The minimum Gasteiger partial charge on any atom is -0.464 e. The van der Waals surface area contributed by atoms with Crippen LogP contribution in [0.3, 0.4) is 0 Å². The van der Waals surface area contributed by atoms with Gasteiger partial charge in [0.1, 0.15) is 11.2 Å². The van der Waals surface area contributed by atoms with Crippen LogP contribution in [0.1, 0.15) is 5.56 Å². The van der Waals surface area contributed by atoms with Gasteiger partial charge in [-0.1, -0.05) is 18.2 Å². The molecule has 0 atom stereocenters. The summed E-state index contributed by atoms with van der Waals surface area (Å²) in [7, 11) is 0. The SMILES string of the molecule is Cc1coc2cc3o/c(=N\O)c4ccccc4c3cc12. The van der Waals surface area contributed by atoms with Crippen molar-refractivity contribution in [3.05, 3.63) is 53.8 Å². The van der Waals surface area contributed by atoms with Gasteiger partial charge in [-0.15, -0.1) is 0 Å². The number of aryl methyl sites for hydroxylation is 1. The largest absolute Gasteiger partial charge is 0.464 e. The van der Waals surface area contributed by atoms with E-state index in [1.807, 2.05) is 37.3 Å². The number of nitrogens with zero attached hydrogens (tertiary/aromatic N) is 1. The van der Waals surface area contributed by atoms with Gasteiger partial charge in [0.05, 0.1) is 6.26 Å². The third-order valence-electron chi connectivity index (χ3n) is 3.61. The van der Waals surface area contributed by atoms with E-state index in [0.717, 1.165) is 32.7 Å². The Bertz CT molecular complexity index is 1020. The topological polar surface area (TPSA) is 58.9 Å². The molecular weight excluding hydrogens is 254 g/mol. The molecule has 0 spiro atoms. The fourth-order valence-electron chi connectivity index (χ4n) is 2.61. The number of rotatable bonds is 0. The Labute approximate surface area is 113 Å². The van der Waals surface area contributed by atoms with E-state index >= 15 is 0 Å². The maximum atomic E-state index is 9.12. The maximum Gasteiger partial charge on any atom is 0.263 e. The highest BCUT2D eigenvalue weighted by atomic mass is 16.5. The van der Waals surface area contributed by atoms with Crippen molar-refractivity contribution in [2.24, 2.45) is 5.16 Å². The molecule has 4 nitrogen and oxygen atoms in total. The molecule has 2 aromatic heterocycles. The van der Waals surface area contributed by atoms with Gasteiger partial charge < -0.3 is 14.0 Å². The van der Waals surface area contributed by atoms with Crippen LogP contribution in [0.15, 0.2) is 56.7 Å². The molecule has 0 aliphatic carbocycles. The summed E-state index contributed by atoms with van der Waals surface area (Å²) in [6.07, 6.45) is 1.73. The molecule has 4 heteroatoms. The molecule has 1 N–H and O–H groups in total. The van der Waals surface area contributed by atoms with Crippen molar-refractivity contribution < 1.29 is 14.0 Å². The standard InChI is InChI=1S/C16H11NO3/c1-9-8-19-14-7-15-13(6-12(9)14)10-4-2-3-5-11(10)16(17-18)20-15/h2-8,18H,1H3/b17-16-. The lowest BCUT2D eigenvalue weighted by molar-refractivity contribution is 0.279. The summed E-state index contributed by atoms with van der Waals surface area (Å²) in [5.41, 5.74) is 2.69. The molecule has 0 radical (unpaired) electrons. The lowest BCUT2D eigenvalue weighted by atomic mass is 10.1. The second kappa shape index (κ2) is 3.87. The first-order valence-corrected chi connectivity index (χ1v) is 6.29. The molecule has 0 unspecified atom stereocenters. The Morgan fingerprint density at radius 2 is 1.75 bits per heavy atom. The quantitative estimate of drug-likeness (QED) is 0.298. The maximum absolute atomic E-state index is 9.12. The summed E-state index contributed by atoms with van der Waals surface area (Å²) in [5.74, 6) is 0. The van der Waals surface area contributed by atoms with Crippen molar-refractivity contribution in [1.29, 1.82) is 0 Å². The van der Waals surface area contributed by atoms with Crippen LogP contribution in [0, 0.1) is 6.92 Å². The average molecular weight is 265 g/mol. The van der Waals surface area contributed by atoms with Crippen molar-refractivity contribution in [2.75, 3.05) is 0 Å². The molecule has 2 heterocycles. The van der Waals surface area contributed by atoms with Crippen LogP contribution in [0.2, 0.25) is 0 Å². The van der Waals surface area contributed by atoms with Crippen molar-refractivity contribution in [1.82, 2.24) is 0 Å². The van der Waals surface area contributed by atoms with Crippen LogP contribution in [0.5, 0.6) is 0 Å². The third kappa shape index (κ3) is 1.39. The molecule has 20 heavy (non-hydrogen) atoms. The number of hydrogen-bond donors (Lipinski definition) is 1. The van der Waals surface area contributed by atoms with Gasteiger partial charge in [-0.2, -0.15) is 0 Å². The van der Waals surface area contributed by atoms with E-state index in [-0.39, 0.29) is 5.55 Å². The fraction of sp³-hybridized carbons (Fsp3) is 0.0625. The fourth-order valence-corrected chi connectivity index (χ4v) is 2.61. The monoisotopic (exact) mass is 265 g/mol. The first-order valence-electron chi connectivity index (χ1n) is 6.29. The van der Waals surface area contributed by atoms with Crippen LogP contribution >= 0.6 is 0 Å². The van der Waals surface area contributed by atoms with Crippen molar-refractivity contribution >= 4 is 32.7 Å². The van der Waals surface area contributed by atoms with Gasteiger partial charge in [-0.3, -0.25) is 0 Å². The molecule has 98 valence electrons. The van der Waals surface area contributed by atoms with Gasteiger partial charge >= 0.3 is 0 Å². The smallest absolute Gasteiger partial charge is 0.263 e. The van der Waals surface area contributed by atoms with Crippen LogP contribution in [-0.4, -0.2) is 5.21 Å². The van der Waals surface area contributed by atoms with E-state index in [4.69, 9.17) is 14.0 Å². The molecule has 4 rings (SSSR count). The van der Waals surface area contributed by atoms with Crippen molar-refractivity contribution in [3.8, 4) is 0 Å². The lowest BCUT2D eigenvalue weighted by Crippen LogP contribution is -2.02. The zero-order chi connectivity index (χ0) is 13.7. The Morgan fingerprint density at radius 1 is 0.950 bits per heavy atom. The van der Waals surface area contributed by atoms with Crippen molar-refractivity contribution in [3.63, 3.8) is 0 Å². The molecule has 0 saturated carbocycles. The Morgan fingerprint density at radius 3 is 2.55 bits per heavy atom. The summed E-state index contributed by atoms with van der Waals surface area (Å²) in [6, 6.07) is 11.6. The predicted molar refractivity (Wildman–Crippen MR) is 75.6 cm³/mol. The summed E-state index contributed by atoms with van der Waals surface area (Å²) in [5, 5.41) is 16.2. The van der Waals surface area contributed by atoms with Gasteiger partial charge in [0.25, 0.3) is 5.55 Å². The van der Waals surface area contributed by atoms with Gasteiger partial charge in [0, 0.05) is 22.2 Å². The molecule has 0 saturated heterocycles. The first kappa shape index (κ1) is 11.1. The van der Waals surface area contributed by atoms with Gasteiger partial charge in [0.2, 0.25) is 0 Å². The minimum absolute atomic E-state index is 0.204. The van der Waals surface area contributed by atoms with Gasteiger partial charge in [0.15, 0.2) is 0 Å². The number of benzene rings is 2. The molecule has 2 aromatic carbocycles. The second-order valence-electron chi connectivity index (χ2n) is 4.82. The number of hydrogen-bond acceptors (Lipinski definition) is 4. The van der Waals surface area contributed by atoms with E-state index in [1.165, 1.54) is 0 Å². The molecule has 0 aliphatic rings. The van der Waals surface area contributed by atoms with Gasteiger partial charge in [-0.05, 0) is 35.2 Å². The van der Waals surface area contributed by atoms with E-state index in [0.29, 0.717) is 5.58 Å². The number of fused-ring (bicyclic) bond motifs is 4. The van der Waals surface area contributed by atoms with E-state index in [9.17, 15) is 0 Å². The zero-order valence-corrected chi connectivity index (χ0v) is 10.8. The highest BCUT2D eigenvalue weighted by Crippen LogP contribution is 2.29. The molecule has 0 bridgehead atoms. The third-order valence-corrected chi connectivity index (χ3v) is 3.61. The highest BCUT2D eigenvalue weighted by molar-refractivity contribution is 6.08. The second-order valence-corrected chi connectivity index (χ2v) is 4.82. The summed E-state index contributed by atoms with van der Waals surface area (Å²) < 4.78 is 11.2. The summed E-state index contributed by atoms with van der Waals surface area (Å²) >= 11 is 0. The highest BCUT2D eigenvalue weighted by Gasteiger charge is 2.10. The Kier molecular flexibility index (Phi) is 2.15. The first-order chi connectivity index (χ1) is 9.78. The summed E-state index contributed by atoms with van der Waals surface area (Å²) in [6.45, 7) is 2.01. The molecule has 0 fully saturated rings. The molecular formula is C16H11NO3. The minimum atomic E-state index is 0.204. The summed E-state index contributed by atoms with van der Waals surface area (Å²) in [4.78, 5) is 0. The van der Waals surface area contributed by atoms with Crippen LogP contribution in [0.25, 0.3) is 32.7 Å². The zero-order valence-electron chi connectivity index (χ0n) is 10.8. The predicted octanol–water partition coefficient (Wildman–Crippen LogP) is 3.93. The van der Waals surface area contributed by atoms with Crippen molar-refractivity contribution in [2.45, 2.75) is 6.92 Å². The molecule has 0 amide bonds. The van der Waals surface area contributed by atoms with E-state index < -0.39 is 0 Å². The van der Waals surface area contributed by atoms with Gasteiger partial charge in [-0.25, -0.2) is 0 Å². The Balaban J connectivity index is 2.33. The normalized spacial score (nSPS) is 12.8. The Hall–Kier alpha value is -2.75. The molecule has 4 aromatic rings. The number of furan rings is 1. The average Bonchev–Trinajstić information content (AvgIpc) is 2.85. The van der Waals surface area contributed by atoms with Crippen LogP contribution in [-0.2, 0) is 0 Å².